The number of hydrogen-bond donors (Lipinski definition) is 1. The molecule has 0 bridgehead atoms. The highest BCUT2D eigenvalue weighted by atomic mass is 14.7. The Morgan fingerprint density at radius 2 is 1.50 bits per heavy atom. The fourth-order valence-corrected chi connectivity index (χ4v) is 1.39. The Kier molecular flexibility index (Phi) is 4.25. The summed E-state index contributed by atoms with van der Waals surface area (Å²) < 4.78 is 0. The molecule has 0 aliphatic rings. The molecule has 0 rings (SSSR count). The van der Waals surface area contributed by atoms with Gasteiger partial charge in [0.1, 0.15) is 0 Å². The van der Waals surface area contributed by atoms with Crippen LogP contribution in [-0.2, 0) is 0 Å². The van der Waals surface area contributed by atoms with Gasteiger partial charge in [0.2, 0.25) is 0 Å². The Balaban J connectivity index is 3.95. The van der Waals surface area contributed by atoms with E-state index in [-0.39, 0.29) is 0 Å². The molecular weight excluding hydrogens is 146 g/mol. The van der Waals surface area contributed by atoms with Crippen molar-refractivity contribution in [3.8, 4) is 0 Å². The van der Waals surface area contributed by atoms with Crippen molar-refractivity contribution in [1.29, 1.82) is 0 Å². The second-order valence-electron chi connectivity index (χ2n) is 5.53. The largest absolute Gasteiger partial charge is 0.327 e. The molecule has 2 N–H and O–H groups in total. The molecule has 0 spiro atoms. The fourth-order valence-electron chi connectivity index (χ4n) is 1.39. The summed E-state index contributed by atoms with van der Waals surface area (Å²) >= 11 is 0. The standard InChI is InChI=1S/C11H25N/c1-8(2)9(3)10(12)7-11(4,5)6/h8-10H,7,12H2,1-6H3/t9-,10-/m0/s1. The summed E-state index contributed by atoms with van der Waals surface area (Å²) in [6, 6.07) is 0.352. The van der Waals surface area contributed by atoms with E-state index < -0.39 is 0 Å². The average Bonchev–Trinajstić information content (AvgIpc) is 1.82. The van der Waals surface area contributed by atoms with Crippen molar-refractivity contribution in [1.82, 2.24) is 0 Å². The lowest BCUT2D eigenvalue weighted by Gasteiger charge is -2.29. The van der Waals surface area contributed by atoms with Crippen LogP contribution in [0.5, 0.6) is 0 Å². The molecule has 0 heterocycles. The van der Waals surface area contributed by atoms with Gasteiger partial charge in [-0.1, -0.05) is 41.5 Å². The molecule has 0 amide bonds. The maximum absolute atomic E-state index is 6.10. The van der Waals surface area contributed by atoms with Gasteiger partial charge >= 0.3 is 0 Å². The van der Waals surface area contributed by atoms with Crippen LogP contribution in [0, 0.1) is 17.3 Å². The first kappa shape index (κ1) is 12.0. The molecule has 0 aromatic heterocycles. The maximum atomic E-state index is 6.10. The monoisotopic (exact) mass is 171 g/mol. The molecule has 0 aliphatic carbocycles. The molecule has 0 unspecified atom stereocenters. The third kappa shape index (κ3) is 4.76. The molecule has 12 heavy (non-hydrogen) atoms. The quantitative estimate of drug-likeness (QED) is 0.694. The van der Waals surface area contributed by atoms with Crippen LogP contribution in [0.15, 0.2) is 0 Å². The summed E-state index contributed by atoms with van der Waals surface area (Å²) in [4.78, 5) is 0. The van der Waals surface area contributed by atoms with Gasteiger partial charge in [0.25, 0.3) is 0 Å². The van der Waals surface area contributed by atoms with Gasteiger partial charge in [-0.2, -0.15) is 0 Å². The van der Waals surface area contributed by atoms with Gasteiger partial charge in [0.05, 0.1) is 0 Å². The lowest BCUT2D eigenvalue weighted by molar-refractivity contribution is 0.255. The number of rotatable bonds is 3. The van der Waals surface area contributed by atoms with Gasteiger partial charge in [-0.3, -0.25) is 0 Å². The molecule has 1 heteroatoms. The lowest BCUT2D eigenvalue weighted by Crippen LogP contribution is -2.35. The normalized spacial score (nSPS) is 18.0. The molecule has 1 nitrogen and oxygen atoms in total. The summed E-state index contributed by atoms with van der Waals surface area (Å²) in [6.45, 7) is 13.5. The molecule has 0 radical (unpaired) electrons. The van der Waals surface area contributed by atoms with Crippen molar-refractivity contribution in [3.05, 3.63) is 0 Å². The van der Waals surface area contributed by atoms with Crippen LogP contribution in [0.4, 0.5) is 0 Å². The second-order valence-corrected chi connectivity index (χ2v) is 5.53. The zero-order valence-electron chi connectivity index (χ0n) is 9.52. The van der Waals surface area contributed by atoms with E-state index in [1.807, 2.05) is 0 Å². The molecule has 0 aromatic rings. The van der Waals surface area contributed by atoms with E-state index in [1.165, 1.54) is 0 Å². The van der Waals surface area contributed by atoms with Crippen molar-refractivity contribution in [2.45, 2.75) is 54.0 Å². The van der Waals surface area contributed by atoms with Crippen molar-refractivity contribution < 1.29 is 0 Å². The summed E-state index contributed by atoms with van der Waals surface area (Å²) in [7, 11) is 0. The Morgan fingerprint density at radius 1 is 1.08 bits per heavy atom. The predicted molar refractivity (Wildman–Crippen MR) is 56.0 cm³/mol. The van der Waals surface area contributed by atoms with Gasteiger partial charge in [-0.25, -0.2) is 0 Å². The molecule has 0 aliphatic heterocycles. The van der Waals surface area contributed by atoms with E-state index in [1.54, 1.807) is 0 Å². The maximum Gasteiger partial charge on any atom is 0.00719 e. The first-order chi connectivity index (χ1) is 5.24. The zero-order valence-corrected chi connectivity index (χ0v) is 9.52. The van der Waals surface area contributed by atoms with Crippen LogP contribution in [0.2, 0.25) is 0 Å². The van der Waals surface area contributed by atoms with Crippen LogP contribution in [0.3, 0.4) is 0 Å². The van der Waals surface area contributed by atoms with E-state index >= 15 is 0 Å². The highest BCUT2D eigenvalue weighted by molar-refractivity contribution is 4.77. The van der Waals surface area contributed by atoms with Crippen LogP contribution in [0.25, 0.3) is 0 Å². The van der Waals surface area contributed by atoms with Crippen molar-refractivity contribution in [2.75, 3.05) is 0 Å². The predicted octanol–water partition coefficient (Wildman–Crippen LogP) is 3.04. The van der Waals surface area contributed by atoms with Gasteiger partial charge in [-0.15, -0.1) is 0 Å². The van der Waals surface area contributed by atoms with Gasteiger partial charge in [0, 0.05) is 6.04 Å². The van der Waals surface area contributed by atoms with Gasteiger partial charge < -0.3 is 5.73 Å². The molecule has 74 valence electrons. The SMILES string of the molecule is CC(C)[C@H](C)[C@@H](N)CC(C)(C)C. The molecule has 0 saturated carbocycles. The zero-order chi connectivity index (χ0) is 9.94. The summed E-state index contributed by atoms with van der Waals surface area (Å²) in [6.07, 6.45) is 1.12. The minimum absolute atomic E-state index is 0.352. The van der Waals surface area contributed by atoms with E-state index in [2.05, 4.69) is 41.5 Å². The minimum Gasteiger partial charge on any atom is -0.327 e. The summed E-state index contributed by atoms with van der Waals surface area (Å²) in [5.74, 6) is 1.33. The van der Waals surface area contributed by atoms with E-state index in [9.17, 15) is 0 Å². The highest BCUT2D eigenvalue weighted by Crippen LogP contribution is 2.25. The number of nitrogens with two attached hydrogens (primary N) is 1. The lowest BCUT2D eigenvalue weighted by atomic mass is 9.80. The van der Waals surface area contributed by atoms with E-state index in [0.717, 1.165) is 6.42 Å². The Labute approximate surface area is 77.7 Å². The van der Waals surface area contributed by atoms with Crippen molar-refractivity contribution >= 4 is 0 Å². The van der Waals surface area contributed by atoms with Gasteiger partial charge in [0.15, 0.2) is 0 Å². The third-order valence-electron chi connectivity index (χ3n) is 2.57. The van der Waals surface area contributed by atoms with Crippen molar-refractivity contribution in [2.24, 2.45) is 23.0 Å². The smallest absolute Gasteiger partial charge is 0.00719 e. The Morgan fingerprint density at radius 3 is 1.75 bits per heavy atom. The minimum atomic E-state index is 0.352. The number of hydrogen-bond acceptors (Lipinski definition) is 1. The van der Waals surface area contributed by atoms with Crippen LogP contribution in [0.1, 0.15) is 48.0 Å². The molecule has 0 fully saturated rings. The van der Waals surface area contributed by atoms with E-state index in [4.69, 9.17) is 5.73 Å². The van der Waals surface area contributed by atoms with Gasteiger partial charge in [-0.05, 0) is 23.7 Å². The van der Waals surface area contributed by atoms with E-state index in [0.29, 0.717) is 23.3 Å². The highest BCUT2D eigenvalue weighted by Gasteiger charge is 2.21. The molecule has 0 saturated heterocycles. The molecular formula is C11H25N. The topological polar surface area (TPSA) is 26.0 Å². The molecule has 2 atom stereocenters. The average molecular weight is 171 g/mol. The third-order valence-corrected chi connectivity index (χ3v) is 2.57. The fraction of sp³-hybridized carbons (Fsp3) is 1.00. The Hall–Kier alpha value is -0.0400. The Bertz CT molecular complexity index is 121. The summed E-state index contributed by atoms with van der Waals surface area (Å²) in [5, 5.41) is 0. The summed E-state index contributed by atoms with van der Waals surface area (Å²) in [5.41, 5.74) is 6.47. The molecule has 0 aromatic carbocycles. The van der Waals surface area contributed by atoms with Crippen LogP contribution >= 0.6 is 0 Å². The van der Waals surface area contributed by atoms with Crippen LogP contribution in [-0.4, -0.2) is 6.04 Å². The van der Waals surface area contributed by atoms with Crippen LogP contribution < -0.4 is 5.73 Å². The first-order valence-corrected chi connectivity index (χ1v) is 4.99. The first-order valence-electron chi connectivity index (χ1n) is 4.99. The second kappa shape index (κ2) is 4.27. The van der Waals surface area contributed by atoms with Crippen molar-refractivity contribution in [3.63, 3.8) is 0 Å².